The third-order valence-corrected chi connectivity index (χ3v) is 3.23. The van der Waals surface area contributed by atoms with Crippen LogP contribution in [0.25, 0.3) is 11.3 Å². The van der Waals surface area contributed by atoms with E-state index >= 15 is 0 Å². The molecule has 1 N–H and O–H groups in total. The zero-order valence-corrected chi connectivity index (χ0v) is 11.2. The predicted octanol–water partition coefficient (Wildman–Crippen LogP) is 3.67. The van der Waals surface area contributed by atoms with E-state index in [4.69, 9.17) is 21.4 Å². The number of aromatic carboxylic acids is 1. The maximum Gasteiger partial charge on any atom is 0.354 e. The van der Waals surface area contributed by atoms with E-state index in [1.165, 1.54) is 12.4 Å². The zero-order chi connectivity index (χ0) is 14.1. The molecular formula is C15H15ClN2O3. The van der Waals surface area contributed by atoms with Crippen molar-refractivity contribution in [2.45, 2.75) is 26.4 Å². The molecule has 0 unspecified atom stereocenters. The average molecular weight is 307 g/mol. The molecule has 1 aromatic carbocycles. The topological polar surface area (TPSA) is 72.3 Å². The lowest BCUT2D eigenvalue weighted by Crippen LogP contribution is -2.01. The van der Waals surface area contributed by atoms with E-state index in [0.717, 1.165) is 18.4 Å². The minimum atomic E-state index is -1.09. The van der Waals surface area contributed by atoms with Crippen molar-refractivity contribution >= 4 is 17.6 Å². The predicted molar refractivity (Wildman–Crippen MR) is 79.8 cm³/mol. The van der Waals surface area contributed by atoms with E-state index in [1.54, 1.807) is 18.2 Å². The second-order valence-electron chi connectivity index (χ2n) is 4.56. The highest BCUT2D eigenvalue weighted by Gasteiger charge is 2.24. The highest BCUT2D eigenvalue weighted by molar-refractivity contribution is 6.32. The van der Waals surface area contributed by atoms with Crippen LogP contribution in [0.2, 0.25) is 5.02 Å². The first-order valence-electron chi connectivity index (χ1n) is 6.15. The van der Waals surface area contributed by atoms with E-state index in [-0.39, 0.29) is 19.2 Å². The van der Waals surface area contributed by atoms with Gasteiger partial charge in [-0.1, -0.05) is 19.0 Å². The summed E-state index contributed by atoms with van der Waals surface area (Å²) in [6.45, 7) is 0. The summed E-state index contributed by atoms with van der Waals surface area (Å²) >= 11 is 6.17. The van der Waals surface area contributed by atoms with Crippen LogP contribution in [-0.2, 0) is 0 Å². The Morgan fingerprint density at radius 1 is 1.29 bits per heavy atom. The Hall–Kier alpha value is -2.14. The number of carboxylic acid groups (broad SMARTS) is 1. The molecule has 0 bridgehead atoms. The number of hydrogen-bond donors (Lipinski definition) is 1. The van der Waals surface area contributed by atoms with Gasteiger partial charge in [-0.15, -0.1) is 0 Å². The van der Waals surface area contributed by atoms with Crippen molar-refractivity contribution < 1.29 is 14.6 Å². The van der Waals surface area contributed by atoms with Crippen molar-refractivity contribution in [3.8, 4) is 17.0 Å². The summed E-state index contributed by atoms with van der Waals surface area (Å²) in [5.41, 5.74) is 1.18. The molecule has 0 saturated heterocycles. The highest BCUT2D eigenvalue weighted by Crippen LogP contribution is 2.34. The minimum absolute atomic E-state index is 0. The van der Waals surface area contributed by atoms with Crippen LogP contribution < -0.4 is 4.74 Å². The van der Waals surface area contributed by atoms with Crippen LogP contribution in [0.3, 0.4) is 0 Å². The van der Waals surface area contributed by atoms with Gasteiger partial charge in [0.2, 0.25) is 0 Å². The Labute approximate surface area is 127 Å². The molecule has 0 spiro atoms. The fraction of sp³-hybridized carbons (Fsp3) is 0.267. The monoisotopic (exact) mass is 306 g/mol. The van der Waals surface area contributed by atoms with Gasteiger partial charge >= 0.3 is 5.97 Å². The number of halogens is 1. The third kappa shape index (κ3) is 3.49. The SMILES string of the molecule is C.O=C(O)c1cc(-c2ccc(OC3CC3)c(Cl)c2)ncn1. The number of benzene rings is 1. The van der Waals surface area contributed by atoms with Crippen molar-refractivity contribution in [1.29, 1.82) is 0 Å². The summed E-state index contributed by atoms with van der Waals surface area (Å²) in [6.07, 6.45) is 3.62. The Morgan fingerprint density at radius 2 is 2.05 bits per heavy atom. The summed E-state index contributed by atoms with van der Waals surface area (Å²) < 4.78 is 5.65. The Balaban J connectivity index is 0.00000161. The largest absolute Gasteiger partial charge is 0.489 e. The molecule has 0 amide bonds. The number of nitrogens with zero attached hydrogens (tertiary/aromatic N) is 2. The van der Waals surface area contributed by atoms with E-state index in [2.05, 4.69) is 9.97 Å². The van der Waals surface area contributed by atoms with Crippen molar-refractivity contribution in [2.24, 2.45) is 0 Å². The lowest BCUT2D eigenvalue weighted by Gasteiger charge is -2.08. The van der Waals surface area contributed by atoms with Gasteiger partial charge in [0.1, 0.15) is 12.1 Å². The van der Waals surface area contributed by atoms with Crippen LogP contribution in [0, 0.1) is 0 Å². The van der Waals surface area contributed by atoms with Crippen molar-refractivity contribution in [2.75, 3.05) is 0 Å². The van der Waals surface area contributed by atoms with E-state index in [0.29, 0.717) is 16.5 Å². The maximum absolute atomic E-state index is 10.9. The molecule has 1 aliphatic carbocycles. The molecule has 0 aliphatic heterocycles. The van der Waals surface area contributed by atoms with Crippen molar-refractivity contribution in [1.82, 2.24) is 9.97 Å². The van der Waals surface area contributed by atoms with Crippen LogP contribution in [0.5, 0.6) is 5.75 Å². The molecule has 0 atom stereocenters. The van der Waals surface area contributed by atoms with Crippen LogP contribution >= 0.6 is 11.6 Å². The highest BCUT2D eigenvalue weighted by atomic mass is 35.5. The maximum atomic E-state index is 10.9. The number of aromatic nitrogens is 2. The summed E-state index contributed by atoms with van der Waals surface area (Å²) in [4.78, 5) is 18.6. The Kier molecular flexibility index (Phi) is 4.43. The number of carboxylic acids is 1. The number of ether oxygens (including phenoxy) is 1. The zero-order valence-electron chi connectivity index (χ0n) is 10.4. The number of hydrogen-bond acceptors (Lipinski definition) is 4. The third-order valence-electron chi connectivity index (χ3n) is 2.93. The number of carbonyl (C=O) groups is 1. The minimum Gasteiger partial charge on any atom is -0.489 e. The molecule has 1 heterocycles. The van der Waals surface area contributed by atoms with Gasteiger partial charge in [-0.25, -0.2) is 14.8 Å². The fourth-order valence-corrected chi connectivity index (χ4v) is 1.98. The second-order valence-corrected chi connectivity index (χ2v) is 4.96. The first-order valence-corrected chi connectivity index (χ1v) is 6.53. The first-order chi connectivity index (χ1) is 9.63. The summed E-state index contributed by atoms with van der Waals surface area (Å²) in [5.74, 6) is -0.445. The van der Waals surface area contributed by atoms with Crippen molar-refractivity contribution in [3.63, 3.8) is 0 Å². The van der Waals surface area contributed by atoms with E-state index in [9.17, 15) is 4.79 Å². The molecule has 3 rings (SSSR count). The molecule has 1 aliphatic rings. The van der Waals surface area contributed by atoms with Gasteiger partial charge in [0.25, 0.3) is 0 Å². The lowest BCUT2D eigenvalue weighted by molar-refractivity contribution is 0.0690. The van der Waals surface area contributed by atoms with Gasteiger partial charge in [-0.05, 0) is 37.1 Å². The van der Waals surface area contributed by atoms with Crippen LogP contribution in [-0.4, -0.2) is 27.1 Å². The smallest absolute Gasteiger partial charge is 0.354 e. The van der Waals surface area contributed by atoms with E-state index in [1.807, 2.05) is 0 Å². The summed E-state index contributed by atoms with van der Waals surface area (Å²) in [7, 11) is 0. The molecule has 21 heavy (non-hydrogen) atoms. The normalized spacial score (nSPS) is 13.4. The second kappa shape index (κ2) is 6.10. The van der Waals surface area contributed by atoms with Crippen molar-refractivity contribution in [3.05, 3.63) is 41.3 Å². The quantitative estimate of drug-likeness (QED) is 0.933. The molecule has 0 radical (unpaired) electrons. The van der Waals surface area contributed by atoms with Crippen LogP contribution in [0.15, 0.2) is 30.6 Å². The van der Waals surface area contributed by atoms with Gasteiger partial charge in [0, 0.05) is 5.56 Å². The molecule has 110 valence electrons. The van der Waals surface area contributed by atoms with Gasteiger partial charge in [0.05, 0.1) is 16.8 Å². The molecule has 1 fully saturated rings. The molecule has 6 heteroatoms. The number of rotatable bonds is 4. The van der Waals surface area contributed by atoms with Crippen LogP contribution in [0.4, 0.5) is 0 Å². The summed E-state index contributed by atoms with van der Waals surface area (Å²) in [6, 6.07) is 6.71. The van der Waals surface area contributed by atoms with E-state index < -0.39 is 5.97 Å². The first kappa shape index (κ1) is 15.3. The Morgan fingerprint density at radius 3 is 2.67 bits per heavy atom. The van der Waals surface area contributed by atoms with Gasteiger partial charge in [-0.2, -0.15) is 0 Å². The van der Waals surface area contributed by atoms with Gasteiger partial charge < -0.3 is 9.84 Å². The molecule has 1 saturated carbocycles. The standard InChI is InChI=1S/C14H11ClN2O3.CH4/c15-10-5-8(1-4-13(10)20-9-2-3-9)11-6-12(14(18)19)17-7-16-11;/h1,4-7,9H,2-3H2,(H,18,19);1H4. The molecule has 5 nitrogen and oxygen atoms in total. The Bertz CT molecular complexity index is 672. The average Bonchev–Trinajstić information content (AvgIpc) is 3.25. The summed E-state index contributed by atoms with van der Waals surface area (Å²) in [5, 5.41) is 9.42. The van der Waals surface area contributed by atoms with Gasteiger partial charge in [0.15, 0.2) is 5.69 Å². The van der Waals surface area contributed by atoms with Gasteiger partial charge in [-0.3, -0.25) is 0 Å². The molecule has 2 aromatic rings. The molecular weight excluding hydrogens is 292 g/mol. The molecule has 1 aromatic heterocycles. The fourth-order valence-electron chi connectivity index (χ4n) is 1.75. The van der Waals surface area contributed by atoms with Crippen LogP contribution in [0.1, 0.15) is 30.8 Å². The lowest BCUT2D eigenvalue weighted by atomic mass is 10.1.